The van der Waals surface area contributed by atoms with Gasteiger partial charge in [0.25, 0.3) is 0 Å². The molecule has 0 saturated heterocycles. The van der Waals surface area contributed by atoms with Gasteiger partial charge in [-0.3, -0.25) is 0 Å². The van der Waals surface area contributed by atoms with Gasteiger partial charge in [-0.2, -0.15) is 0 Å². The van der Waals surface area contributed by atoms with Gasteiger partial charge in [-0.05, 0) is 29.4 Å². The van der Waals surface area contributed by atoms with Crippen LogP contribution in [0.15, 0.2) is 36.4 Å². The van der Waals surface area contributed by atoms with Gasteiger partial charge in [-0.1, -0.05) is 59.1 Å². The second-order valence-corrected chi connectivity index (χ2v) is 5.93. The van der Waals surface area contributed by atoms with Crippen molar-refractivity contribution in [2.24, 2.45) is 5.92 Å². The first-order chi connectivity index (χ1) is 8.25. The summed E-state index contributed by atoms with van der Waals surface area (Å²) in [5, 5.41) is 1.76. The summed E-state index contributed by atoms with van der Waals surface area (Å²) in [5.74, 6) is 0.735. The Morgan fingerprint density at radius 2 is 1.82 bits per heavy atom. The van der Waals surface area contributed by atoms with Crippen molar-refractivity contribution in [3.05, 3.63) is 47.8 Å². The summed E-state index contributed by atoms with van der Waals surface area (Å²) < 4.78 is 13.7. The van der Waals surface area contributed by atoms with Gasteiger partial charge in [0.2, 0.25) is 0 Å². The highest BCUT2D eigenvalue weighted by molar-refractivity contribution is 9.09. The summed E-state index contributed by atoms with van der Waals surface area (Å²) in [6.45, 7) is 0. The molecule has 0 spiro atoms. The fourth-order valence-corrected chi connectivity index (χ4v) is 3.26. The number of fused-ring (bicyclic) bond motifs is 1. The molecule has 1 unspecified atom stereocenters. The Bertz CT molecular complexity index is 546. The summed E-state index contributed by atoms with van der Waals surface area (Å²) in [6, 6.07) is 11.2. The summed E-state index contributed by atoms with van der Waals surface area (Å²) in [5.41, 5.74) is 1.22. The first kappa shape index (κ1) is 11.2. The molecule has 2 heteroatoms. The molecule has 0 radical (unpaired) electrons. The number of rotatable bonds is 3. The van der Waals surface area contributed by atoms with Gasteiger partial charge in [0.15, 0.2) is 0 Å². The van der Waals surface area contributed by atoms with Gasteiger partial charge in [0.1, 0.15) is 5.82 Å². The van der Waals surface area contributed by atoms with E-state index in [9.17, 15) is 4.39 Å². The SMILES string of the molecule is Fc1ccc(C(Br)CC2CC2)c2ccccc12. The predicted molar refractivity (Wildman–Crippen MR) is 72.9 cm³/mol. The van der Waals surface area contributed by atoms with E-state index in [1.165, 1.54) is 18.4 Å². The Labute approximate surface area is 109 Å². The van der Waals surface area contributed by atoms with E-state index >= 15 is 0 Å². The summed E-state index contributed by atoms with van der Waals surface area (Å²) >= 11 is 3.75. The van der Waals surface area contributed by atoms with Crippen LogP contribution in [-0.2, 0) is 0 Å². The maximum absolute atomic E-state index is 13.7. The molecule has 0 N–H and O–H groups in total. The third-order valence-corrected chi connectivity index (χ3v) is 4.35. The number of halogens is 2. The van der Waals surface area contributed by atoms with E-state index in [0.29, 0.717) is 4.83 Å². The van der Waals surface area contributed by atoms with Crippen molar-refractivity contribution in [2.75, 3.05) is 0 Å². The third kappa shape index (κ3) is 2.23. The number of hydrogen-bond donors (Lipinski definition) is 0. The zero-order chi connectivity index (χ0) is 11.8. The maximum atomic E-state index is 13.7. The molecule has 0 amide bonds. The lowest BCUT2D eigenvalue weighted by molar-refractivity contribution is 0.638. The summed E-state index contributed by atoms with van der Waals surface area (Å²) in [6.07, 6.45) is 3.86. The van der Waals surface area contributed by atoms with Gasteiger partial charge in [-0.25, -0.2) is 4.39 Å². The fraction of sp³-hybridized carbons (Fsp3) is 0.333. The summed E-state index contributed by atoms with van der Waals surface area (Å²) in [4.78, 5) is 0.348. The average molecular weight is 293 g/mol. The Hall–Kier alpha value is -0.890. The van der Waals surface area contributed by atoms with Crippen LogP contribution in [0.1, 0.15) is 29.7 Å². The van der Waals surface area contributed by atoms with Crippen molar-refractivity contribution in [1.29, 1.82) is 0 Å². The molecule has 0 nitrogen and oxygen atoms in total. The molecule has 1 atom stereocenters. The van der Waals surface area contributed by atoms with Crippen LogP contribution in [0.2, 0.25) is 0 Å². The van der Waals surface area contributed by atoms with Crippen LogP contribution in [0.5, 0.6) is 0 Å². The van der Waals surface area contributed by atoms with Crippen LogP contribution in [-0.4, -0.2) is 0 Å². The Balaban J connectivity index is 2.05. The minimum absolute atomic E-state index is 0.129. The molecule has 17 heavy (non-hydrogen) atoms. The lowest BCUT2D eigenvalue weighted by Gasteiger charge is -2.13. The van der Waals surface area contributed by atoms with Crippen molar-refractivity contribution in [3.8, 4) is 0 Å². The first-order valence-electron chi connectivity index (χ1n) is 6.07. The topological polar surface area (TPSA) is 0 Å². The second-order valence-electron chi connectivity index (χ2n) is 4.83. The molecule has 1 aliphatic carbocycles. The van der Waals surface area contributed by atoms with E-state index in [1.54, 1.807) is 6.07 Å². The normalized spacial score (nSPS) is 17.3. The van der Waals surface area contributed by atoms with E-state index < -0.39 is 0 Å². The zero-order valence-electron chi connectivity index (χ0n) is 9.50. The van der Waals surface area contributed by atoms with Gasteiger partial charge < -0.3 is 0 Å². The van der Waals surface area contributed by atoms with Crippen molar-refractivity contribution in [3.63, 3.8) is 0 Å². The van der Waals surface area contributed by atoms with Crippen LogP contribution >= 0.6 is 15.9 Å². The lowest BCUT2D eigenvalue weighted by atomic mass is 9.99. The molecule has 1 saturated carbocycles. The molecule has 0 aliphatic heterocycles. The van der Waals surface area contributed by atoms with E-state index in [4.69, 9.17) is 0 Å². The minimum atomic E-state index is -0.129. The van der Waals surface area contributed by atoms with Crippen LogP contribution in [0.25, 0.3) is 10.8 Å². The van der Waals surface area contributed by atoms with Gasteiger partial charge in [0, 0.05) is 10.2 Å². The smallest absolute Gasteiger partial charge is 0.131 e. The highest BCUT2D eigenvalue weighted by Gasteiger charge is 2.25. The Kier molecular flexibility index (Phi) is 2.91. The number of benzene rings is 2. The zero-order valence-corrected chi connectivity index (χ0v) is 11.1. The van der Waals surface area contributed by atoms with Crippen molar-refractivity contribution in [2.45, 2.75) is 24.1 Å². The van der Waals surface area contributed by atoms with Crippen molar-refractivity contribution in [1.82, 2.24) is 0 Å². The van der Waals surface area contributed by atoms with E-state index in [2.05, 4.69) is 15.9 Å². The van der Waals surface area contributed by atoms with E-state index in [0.717, 1.165) is 23.1 Å². The molecule has 2 aromatic carbocycles. The summed E-state index contributed by atoms with van der Waals surface area (Å²) in [7, 11) is 0. The van der Waals surface area contributed by atoms with Crippen molar-refractivity contribution >= 4 is 26.7 Å². The van der Waals surface area contributed by atoms with Gasteiger partial charge >= 0.3 is 0 Å². The van der Waals surface area contributed by atoms with Crippen LogP contribution in [0, 0.1) is 11.7 Å². The monoisotopic (exact) mass is 292 g/mol. The molecule has 0 bridgehead atoms. The van der Waals surface area contributed by atoms with Crippen LogP contribution in [0.3, 0.4) is 0 Å². The first-order valence-corrected chi connectivity index (χ1v) is 6.98. The molecule has 88 valence electrons. The predicted octanol–water partition coefficient (Wildman–Crippen LogP) is 5.22. The highest BCUT2D eigenvalue weighted by Crippen LogP contribution is 2.43. The maximum Gasteiger partial charge on any atom is 0.131 e. The molecule has 3 rings (SSSR count). The third-order valence-electron chi connectivity index (χ3n) is 3.48. The standard InChI is InChI=1S/C15H14BrF/c16-14(9-10-5-6-10)12-7-8-15(17)13-4-2-1-3-11(12)13/h1-4,7-8,10,14H,5-6,9H2. The Morgan fingerprint density at radius 1 is 1.12 bits per heavy atom. The average Bonchev–Trinajstić information content (AvgIpc) is 3.14. The van der Waals surface area contributed by atoms with Gasteiger partial charge in [-0.15, -0.1) is 0 Å². The molecule has 0 aromatic heterocycles. The second kappa shape index (κ2) is 4.41. The molecular weight excluding hydrogens is 279 g/mol. The van der Waals surface area contributed by atoms with Crippen LogP contribution in [0.4, 0.5) is 4.39 Å². The quantitative estimate of drug-likeness (QED) is 0.681. The molecule has 1 aliphatic rings. The number of hydrogen-bond acceptors (Lipinski definition) is 0. The molecule has 1 fully saturated rings. The van der Waals surface area contributed by atoms with Crippen LogP contribution < -0.4 is 0 Å². The minimum Gasteiger partial charge on any atom is -0.206 e. The Morgan fingerprint density at radius 3 is 2.53 bits per heavy atom. The van der Waals surface area contributed by atoms with E-state index in [1.807, 2.05) is 30.3 Å². The lowest BCUT2D eigenvalue weighted by Crippen LogP contribution is -1.94. The highest BCUT2D eigenvalue weighted by atomic mass is 79.9. The molecule has 0 heterocycles. The largest absolute Gasteiger partial charge is 0.206 e. The fourth-order valence-electron chi connectivity index (χ4n) is 2.33. The van der Waals surface area contributed by atoms with Gasteiger partial charge in [0.05, 0.1) is 0 Å². The molecule has 2 aromatic rings. The molecular formula is C15H14BrF. The van der Waals surface area contributed by atoms with Crippen molar-refractivity contribution < 1.29 is 4.39 Å². The van der Waals surface area contributed by atoms with E-state index in [-0.39, 0.29) is 5.82 Å². The number of alkyl halides is 1.